The molecule has 2 rings (SSSR count). The van der Waals surface area contributed by atoms with E-state index in [0.717, 1.165) is 30.6 Å². The van der Waals surface area contributed by atoms with Gasteiger partial charge in [0, 0.05) is 11.9 Å². The van der Waals surface area contributed by atoms with Crippen LogP contribution >= 0.6 is 46.1 Å². The van der Waals surface area contributed by atoms with Gasteiger partial charge >= 0.3 is 0 Å². The summed E-state index contributed by atoms with van der Waals surface area (Å²) < 4.78 is 27.2. The molecule has 8 heteroatoms. The van der Waals surface area contributed by atoms with Crippen LogP contribution in [0.3, 0.4) is 0 Å². The van der Waals surface area contributed by atoms with Gasteiger partial charge < -0.3 is 0 Å². The Bertz CT molecular complexity index is 529. The molecule has 0 saturated heterocycles. The zero-order valence-corrected chi connectivity index (χ0v) is 13.2. The molecule has 1 N–H and O–H groups in total. The highest BCUT2D eigenvalue weighted by Crippen LogP contribution is 2.34. The Balaban J connectivity index is 2.02. The minimum Gasteiger partial charge on any atom is -0.211 e. The lowest BCUT2D eigenvalue weighted by atomic mass is 10.1. The summed E-state index contributed by atoms with van der Waals surface area (Å²) in [5.74, 6) is 0.301. The zero-order valence-electron chi connectivity index (χ0n) is 9.33. The molecule has 2 unspecified atom stereocenters. The molecule has 0 aromatic carbocycles. The second-order valence-electron chi connectivity index (χ2n) is 4.32. The van der Waals surface area contributed by atoms with E-state index in [1.54, 1.807) is 0 Å². The Morgan fingerprint density at radius 3 is 2.61 bits per heavy atom. The van der Waals surface area contributed by atoms with Crippen LogP contribution in [0.2, 0.25) is 8.67 Å². The fourth-order valence-electron chi connectivity index (χ4n) is 2.01. The van der Waals surface area contributed by atoms with E-state index in [1.165, 1.54) is 6.07 Å². The molecule has 18 heavy (non-hydrogen) atoms. The fraction of sp³-hybridized carbons (Fsp3) is 0.600. The van der Waals surface area contributed by atoms with Gasteiger partial charge in [0.1, 0.15) is 9.23 Å². The average molecular weight is 349 g/mol. The van der Waals surface area contributed by atoms with Gasteiger partial charge in [-0.1, -0.05) is 23.2 Å². The molecule has 0 radical (unpaired) electrons. The lowest BCUT2D eigenvalue weighted by Crippen LogP contribution is -2.28. The first-order valence-corrected chi connectivity index (χ1v) is 8.96. The number of hydrogen-bond acceptors (Lipinski definition) is 3. The summed E-state index contributed by atoms with van der Waals surface area (Å²) in [5.41, 5.74) is 0. The Morgan fingerprint density at radius 1 is 1.39 bits per heavy atom. The van der Waals surface area contributed by atoms with Crippen LogP contribution in [0.15, 0.2) is 11.0 Å². The minimum absolute atomic E-state index is 0.0552. The molecule has 3 nitrogen and oxygen atoms in total. The monoisotopic (exact) mass is 347 g/mol. The van der Waals surface area contributed by atoms with E-state index >= 15 is 0 Å². The van der Waals surface area contributed by atoms with E-state index in [2.05, 4.69) is 4.72 Å². The number of halogens is 3. The average Bonchev–Trinajstić information content (AvgIpc) is 2.82. The summed E-state index contributed by atoms with van der Waals surface area (Å²) in [6, 6.07) is 1.37. The van der Waals surface area contributed by atoms with Crippen LogP contribution in [0.25, 0.3) is 0 Å². The van der Waals surface area contributed by atoms with Crippen molar-refractivity contribution in [3.8, 4) is 0 Å². The van der Waals surface area contributed by atoms with Gasteiger partial charge in [0.25, 0.3) is 0 Å². The van der Waals surface area contributed by atoms with Crippen LogP contribution in [0.4, 0.5) is 0 Å². The molecule has 102 valence electrons. The number of nitrogens with one attached hydrogen (secondary N) is 1. The molecule has 1 aromatic rings. The molecule has 1 fully saturated rings. The van der Waals surface area contributed by atoms with Gasteiger partial charge in [-0.15, -0.1) is 22.9 Å². The summed E-state index contributed by atoms with van der Waals surface area (Å²) in [7, 11) is -3.57. The van der Waals surface area contributed by atoms with E-state index in [0.29, 0.717) is 16.8 Å². The molecule has 1 heterocycles. The van der Waals surface area contributed by atoms with Crippen molar-refractivity contribution in [2.45, 2.75) is 29.5 Å². The van der Waals surface area contributed by atoms with Gasteiger partial charge in [0.2, 0.25) is 10.0 Å². The summed E-state index contributed by atoms with van der Waals surface area (Å²) >= 11 is 18.6. The number of sulfonamides is 1. The van der Waals surface area contributed by atoms with Crippen molar-refractivity contribution < 1.29 is 8.42 Å². The maximum absolute atomic E-state index is 12.0. The molecule has 1 aromatic heterocycles. The Hall–Kier alpha value is 0.480. The molecule has 0 aliphatic heterocycles. The van der Waals surface area contributed by atoms with Crippen molar-refractivity contribution in [2.24, 2.45) is 5.92 Å². The minimum atomic E-state index is -3.57. The van der Waals surface area contributed by atoms with Crippen molar-refractivity contribution in [1.82, 2.24) is 4.72 Å². The maximum atomic E-state index is 12.0. The predicted octanol–water partition coefficient (Wildman–Crippen LogP) is 3.74. The van der Waals surface area contributed by atoms with E-state index in [9.17, 15) is 8.42 Å². The van der Waals surface area contributed by atoms with Crippen molar-refractivity contribution in [3.63, 3.8) is 0 Å². The third-order valence-corrected chi connectivity index (χ3v) is 6.53. The van der Waals surface area contributed by atoms with Crippen LogP contribution in [-0.2, 0) is 10.0 Å². The van der Waals surface area contributed by atoms with Gasteiger partial charge in [-0.3, -0.25) is 0 Å². The van der Waals surface area contributed by atoms with Crippen molar-refractivity contribution in [3.05, 3.63) is 14.7 Å². The smallest absolute Gasteiger partial charge is 0.211 e. The predicted molar refractivity (Wildman–Crippen MR) is 76.5 cm³/mol. The van der Waals surface area contributed by atoms with E-state index in [1.807, 2.05) is 0 Å². The fourth-order valence-corrected chi connectivity index (χ4v) is 5.65. The number of thiophene rings is 1. The van der Waals surface area contributed by atoms with E-state index < -0.39 is 10.0 Å². The van der Waals surface area contributed by atoms with Gasteiger partial charge in [0.05, 0.1) is 4.34 Å². The SMILES string of the molecule is O=S(=O)(NCC1CCC(Cl)C1)c1cc(Cl)sc1Cl. The molecule has 1 saturated carbocycles. The summed E-state index contributed by atoms with van der Waals surface area (Å²) in [4.78, 5) is 0.0552. The topological polar surface area (TPSA) is 46.2 Å². The van der Waals surface area contributed by atoms with Crippen LogP contribution in [0.1, 0.15) is 19.3 Å². The molecule has 2 atom stereocenters. The van der Waals surface area contributed by atoms with Gasteiger partial charge in [-0.05, 0) is 31.2 Å². The highest BCUT2D eigenvalue weighted by Gasteiger charge is 2.26. The summed E-state index contributed by atoms with van der Waals surface area (Å²) in [6.07, 6.45) is 2.75. The zero-order chi connectivity index (χ0) is 13.3. The maximum Gasteiger partial charge on any atom is 0.242 e. The second-order valence-corrected chi connectivity index (χ2v) is 8.95. The molecular formula is C10H12Cl3NO2S2. The molecule has 1 aliphatic carbocycles. The second kappa shape index (κ2) is 5.85. The number of rotatable bonds is 4. The third kappa shape index (κ3) is 3.52. The molecular weight excluding hydrogens is 337 g/mol. The van der Waals surface area contributed by atoms with Gasteiger partial charge in [0.15, 0.2) is 0 Å². The van der Waals surface area contributed by atoms with Gasteiger partial charge in [-0.2, -0.15) is 0 Å². The highest BCUT2D eigenvalue weighted by molar-refractivity contribution is 7.89. The summed E-state index contributed by atoms with van der Waals surface area (Å²) in [6.45, 7) is 0.398. The third-order valence-electron chi connectivity index (χ3n) is 2.95. The number of alkyl halides is 1. The normalized spacial score (nSPS) is 24.6. The Kier molecular flexibility index (Phi) is 4.84. The first-order chi connectivity index (χ1) is 8.38. The molecule has 0 amide bonds. The van der Waals surface area contributed by atoms with E-state index in [-0.39, 0.29) is 14.6 Å². The lowest BCUT2D eigenvalue weighted by Gasteiger charge is -2.10. The molecule has 0 bridgehead atoms. The quantitative estimate of drug-likeness (QED) is 0.843. The van der Waals surface area contributed by atoms with Crippen molar-refractivity contribution in [1.29, 1.82) is 0 Å². The molecule has 1 aliphatic rings. The van der Waals surface area contributed by atoms with Crippen molar-refractivity contribution >= 4 is 56.2 Å². The van der Waals surface area contributed by atoms with Crippen LogP contribution in [0, 0.1) is 5.92 Å². The van der Waals surface area contributed by atoms with Crippen LogP contribution in [-0.4, -0.2) is 20.3 Å². The largest absolute Gasteiger partial charge is 0.242 e. The number of hydrogen-bond donors (Lipinski definition) is 1. The molecule has 0 spiro atoms. The van der Waals surface area contributed by atoms with E-state index in [4.69, 9.17) is 34.8 Å². The Morgan fingerprint density at radius 2 is 2.11 bits per heavy atom. The Labute approximate surface area is 125 Å². The van der Waals surface area contributed by atoms with Crippen LogP contribution in [0.5, 0.6) is 0 Å². The first-order valence-electron chi connectivity index (χ1n) is 5.47. The van der Waals surface area contributed by atoms with Crippen molar-refractivity contribution in [2.75, 3.05) is 6.54 Å². The van der Waals surface area contributed by atoms with Gasteiger partial charge in [-0.25, -0.2) is 13.1 Å². The van der Waals surface area contributed by atoms with Crippen LogP contribution < -0.4 is 4.72 Å². The highest BCUT2D eigenvalue weighted by atomic mass is 35.5. The standard InChI is InChI=1S/C10H12Cl3NO2S2/c11-7-2-1-6(3-7)5-14-18(15,16)8-4-9(12)17-10(8)13/h4,6-7,14H,1-3,5H2. The first kappa shape index (κ1) is 14.9. The lowest BCUT2D eigenvalue weighted by molar-refractivity contribution is 0.520. The summed E-state index contributed by atoms with van der Waals surface area (Å²) in [5, 5.41) is 0.165.